The SMILES string of the molecule is CC(C)[C@@H](C(=O)N1CCC(S(=O)(=O)c2ccc(F)cc2)CC1)N(C(=O)O)C(C)(C)C. The van der Waals surface area contributed by atoms with Gasteiger partial charge in [-0.3, -0.25) is 9.69 Å². The molecule has 2 amide bonds. The Morgan fingerprint density at radius 1 is 1.13 bits per heavy atom. The summed E-state index contributed by atoms with van der Waals surface area (Å²) in [7, 11) is -3.63. The number of piperidine rings is 1. The third-order valence-corrected chi connectivity index (χ3v) is 7.70. The zero-order chi connectivity index (χ0) is 22.9. The highest BCUT2D eigenvalue weighted by molar-refractivity contribution is 7.92. The molecule has 2 rings (SSSR count). The van der Waals surface area contributed by atoms with Crippen LogP contribution in [0.1, 0.15) is 47.5 Å². The summed E-state index contributed by atoms with van der Waals surface area (Å²) in [6.45, 7) is 9.28. The van der Waals surface area contributed by atoms with E-state index in [-0.39, 0.29) is 42.7 Å². The molecule has 9 heteroatoms. The summed E-state index contributed by atoms with van der Waals surface area (Å²) in [5.74, 6) is -1.05. The number of carbonyl (C=O) groups is 2. The maximum atomic E-state index is 13.2. The van der Waals surface area contributed by atoms with Gasteiger partial charge in [-0.1, -0.05) is 13.8 Å². The zero-order valence-electron chi connectivity index (χ0n) is 18.1. The van der Waals surface area contributed by atoms with Gasteiger partial charge >= 0.3 is 6.09 Å². The fourth-order valence-corrected chi connectivity index (χ4v) is 5.64. The van der Waals surface area contributed by atoms with Gasteiger partial charge in [0.15, 0.2) is 9.84 Å². The predicted molar refractivity (Wildman–Crippen MR) is 111 cm³/mol. The Balaban J connectivity index is 2.17. The molecule has 0 spiro atoms. The molecule has 7 nitrogen and oxygen atoms in total. The van der Waals surface area contributed by atoms with Gasteiger partial charge in [-0.2, -0.15) is 0 Å². The van der Waals surface area contributed by atoms with Gasteiger partial charge in [-0.05, 0) is 63.8 Å². The van der Waals surface area contributed by atoms with Gasteiger partial charge < -0.3 is 10.0 Å². The molecule has 0 aliphatic carbocycles. The summed E-state index contributed by atoms with van der Waals surface area (Å²) in [6, 6.07) is 3.89. The Morgan fingerprint density at radius 2 is 1.63 bits per heavy atom. The van der Waals surface area contributed by atoms with Crippen LogP contribution in [0.3, 0.4) is 0 Å². The van der Waals surface area contributed by atoms with Gasteiger partial charge in [0.25, 0.3) is 0 Å². The summed E-state index contributed by atoms with van der Waals surface area (Å²) in [5.41, 5.74) is -0.763. The number of carboxylic acid groups (broad SMARTS) is 1. The van der Waals surface area contributed by atoms with E-state index in [9.17, 15) is 27.5 Å². The molecule has 1 N–H and O–H groups in total. The molecule has 1 heterocycles. The standard InChI is InChI=1S/C21H31FN2O5S/c1-14(2)18(24(20(26)27)21(3,4)5)19(25)23-12-10-17(11-13-23)30(28,29)16-8-6-15(22)7-9-16/h6-9,14,17-18H,10-13H2,1-5H3,(H,26,27)/t18-/m0/s1. The normalized spacial score (nSPS) is 17.1. The number of rotatable bonds is 5. The second-order valence-corrected chi connectivity index (χ2v) is 11.3. The first kappa shape index (κ1) is 24.1. The Hall–Kier alpha value is -2.16. The highest BCUT2D eigenvalue weighted by atomic mass is 32.2. The van der Waals surface area contributed by atoms with E-state index in [2.05, 4.69) is 0 Å². The number of likely N-dealkylation sites (tertiary alicyclic amines) is 1. The van der Waals surface area contributed by atoms with E-state index in [1.807, 2.05) is 0 Å². The molecule has 1 atom stereocenters. The van der Waals surface area contributed by atoms with Crippen LogP contribution in [0.4, 0.5) is 9.18 Å². The molecule has 30 heavy (non-hydrogen) atoms. The summed E-state index contributed by atoms with van der Waals surface area (Å²) < 4.78 is 38.8. The Labute approximate surface area is 177 Å². The van der Waals surface area contributed by atoms with Crippen molar-refractivity contribution in [3.63, 3.8) is 0 Å². The summed E-state index contributed by atoms with van der Waals surface area (Å²) in [5, 5.41) is 9.05. The maximum absolute atomic E-state index is 13.2. The van der Waals surface area contributed by atoms with Gasteiger partial charge in [0.2, 0.25) is 5.91 Å². The van der Waals surface area contributed by atoms with Crippen molar-refractivity contribution in [2.75, 3.05) is 13.1 Å². The van der Waals surface area contributed by atoms with E-state index in [0.717, 1.165) is 12.1 Å². The molecular formula is C21H31FN2O5S. The van der Waals surface area contributed by atoms with Crippen molar-refractivity contribution in [1.82, 2.24) is 9.80 Å². The molecule has 1 aromatic rings. The van der Waals surface area contributed by atoms with Crippen molar-refractivity contribution in [1.29, 1.82) is 0 Å². The van der Waals surface area contributed by atoms with Gasteiger partial charge in [-0.15, -0.1) is 0 Å². The van der Waals surface area contributed by atoms with Crippen molar-refractivity contribution >= 4 is 21.8 Å². The Bertz CT molecular complexity index is 870. The molecule has 0 aromatic heterocycles. The fraction of sp³-hybridized carbons (Fsp3) is 0.619. The van der Waals surface area contributed by atoms with Gasteiger partial charge in [0.1, 0.15) is 11.9 Å². The van der Waals surface area contributed by atoms with Crippen LogP contribution in [0.5, 0.6) is 0 Å². The molecule has 1 aliphatic heterocycles. The molecule has 1 fully saturated rings. The lowest BCUT2D eigenvalue weighted by molar-refractivity contribution is -0.141. The minimum Gasteiger partial charge on any atom is -0.465 e. The van der Waals surface area contributed by atoms with Crippen LogP contribution in [-0.4, -0.2) is 65.2 Å². The summed E-state index contributed by atoms with van der Waals surface area (Å²) >= 11 is 0. The van der Waals surface area contributed by atoms with Crippen LogP contribution in [0.15, 0.2) is 29.2 Å². The second-order valence-electron chi connectivity index (χ2n) is 9.04. The van der Waals surface area contributed by atoms with Crippen LogP contribution in [-0.2, 0) is 14.6 Å². The third kappa shape index (κ3) is 5.11. The van der Waals surface area contributed by atoms with Crippen LogP contribution in [0, 0.1) is 11.7 Å². The Morgan fingerprint density at radius 3 is 2.03 bits per heavy atom. The largest absolute Gasteiger partial charge is 0.465 e. The Kier molecular flexibility index (Phi) is 7.16. The molecule has 0 bridgehead atoms. The highest BCUT2D eigenvalue weighted by Gasteiger charge is 2.42. The fourth-order valence-electron chi connectivity index (χ4n) is 3.91. The summed E-state index contributed by atoms with van der Waals surface area (Å²) in [6.07, 6.45) is -0.666. The van der Waals surface area contributed by atoms with Crippen molar-refractivity contribution in [2.24, 2.45) is 5.92 Å². The monoisotopic (exact) mass is 442 g/mol. The number of carbonyl (C=O) groups excluding carboxylic acids is 1. The first-order valence-corrected chi connectivity index (χ1v) is 11.6. The van der Waals surface area contributed by atoms with E-state index in [1.165, 1.54) is 17.0 Å². The van der Waals surface area contributed by atoms with Crippen molar-refractivity contribution < 1.29 is 27.5 Å². The first-order valence-electron chi connectivity index (χ1n) is 10.1. The van der Waals surface area contributed by atoms with E-state index in [1.54, 1.807) is 39.5 Å². The highest BCUT2D eigenvalue weighted by Crippen LogP contribution is 2.28. The first-order chi connectivity index (χ1) is 13.8. The molecule has 0 unspecified atom stereocenters. The van der Waals surface area contributed by atoms with E-state index >= 15 is 0 Å². The average Bonchev–Trinajstić information content (AvgIpc) is 2.64. The van der Waals surface area contributed by atoms with Gasteiger partial charge in [0.05, 0.1) is 10.1 Å². The molecule has 1 aliphatic rings. The zero-order valence-corrected chi connectivity index (χ0v) is 18.9. The topological polar surface area (TPSA) is 95.0 Å². The second kappa shape index (κ2) is 8.91. The number of sulfone groups is 1. The molecular weight excluding hydrogens is 411 g/mol. The van der Waals surface area contributed by atoms with Gasteiger partial charge in [0, 0.05) is 18.6 Å². The lowest BCUT2D eigenvalue weighted by atomic mass is 9.94. The molecule has 0 radical (unpaired) electrons. The number of amides is 2. The number of hydrogen-bond donors (Lipinski definition) is 1. The number of benzene rings is 1. The third-order valence-electron chi connectivity index (χ3n) is 5.43. The van der Waals surface area contributed by atoms with E-state index in [0.29, 0.717) is 0 Å². The lowest BCUT2D eigenvalue weighted by Gasteiger charge is -2.43. The molecule has 1 saturated heterocycles. The quantitative estimate of drug-likeness (QED) is 0.706. The molecule has 168 valence electrons. The lowest BCUT2D eigenvalue weighted by Crippen LogP contribution is -2.60. The predicted octanol–water partition coefficient (Wildman–Crippen LogP) is 3.39. The average molecular weight is 443 g/mol. The number of halogens is 1. The van der Waals surface area contributed by atoms with Crippen LogP contribution in [0.2, 0.25) is 0 Å². The van der Waals surface area contributed by atoms with Crippen LogP contribution < -0.4 is 0 Å². The smallest absolute Gasteiger partial charge is 0.408 e. The minimum atomic E-state index is -3.63. The number of nitrogens with zero attached hydrogens (tertiary/aromatic N) is 2. The minimum absolute atomic E-state index is 0.0681. The van der Waals surface area contributed by atoms with Crippen molar-refractivity contribution in [2.45, 2.75) is 69.2 Å². The van der Waals surface area contributed by atoms with Crippen molar-refractivity contribution in [3.05, 3.63) is 30.1 Å². The van der Waals surface area contributed by atoms with Gasteiger partial charge in [-0.25, -0.2) is 17.6 Å². The molecule has 0 saturated carbocycles. The number of hydrogen-bond acceptors (Lipinski definition) is 4. The summed E-state index contributed by atoms with van der Waals surface area (Å²) in [4.78, 5) is 27.9. The maximum Gasteiger partial charge on any atom is 0.408 e. The molecule has 1 aromatic carbocycles. The van der Waals surface area contributed by atoms with E-state index in [4.69, 9.17) is 0 Å². The van der Waals surface area contributed by atoms with Crippen LogP contribution >= 0.6 is 0 Å². The van der Waals surface area contributed by atoms with Crippen LogP contribution in [0.25, 0.3) is 0 Å². The van der Waals surface area contributed by atoms with E-state index < -0.39 is 38.6 Å². The van der Waals surface area contributed by atoms with Crippen molar-refractivity contribution in [3.8, 4) is 0 Å².